The van der Waals surface area contributed by atoms with Crippen molar-refractivity contribution in [1.29, 1.82) is 0 Å². The Morgan fingerprint density at radius 3 is 1.67 bits per heavy atom. The monoisotopic (exact) mass is 332 g/mol. The van der Waals surface area contributed by atoms with Gasteiger partial charge in [-0.2, -0.15) is 6.41 Å². The maximum Gasteiger partial charge on any atom is 0.0471 e. The fourth-order valence-corrected chi connectivity index (χ4v) is 0.489. The second-order valence-corrected chi connectivity index (χ2v) is 5.66. The first-order valence-corrected chi connectivity index (χ1v) is 5.57. The number of rotatable bonds is 5. The van der Waals surface area contributed by atoms with E-state index in [9.17, 15) is 9.59 Å². The van der Waals surface area contributed by atoms with Crippen molar-refractivity contribution in [3.8, 4) is 0 Å². The standard InChI is InChI=1S/C7H16N3O.C5H9O.Y/c1-7(2,3)10-5-8-4-9-6-11;1-5(2,3)4-6;/h8,10H,4-5H2,1-3H3,(H,9,11);1-3H3;/q2*-1;. The van der Waals surface area contributed by atoms with E-state index in [1.54, 1.807) is 6.41 Å². The molecule has 6 heteroatoms. The molecule has 0 spiro atoms. The predicted octanol–water partition coefficient (Wildman–Crippen LogP) is 0.676. The van der Waals surface area contributed by atoms with Gasteiger partial charge in [-0.15, -0.1) is 5.41 Å². The van der Waals surface area contributed by atoms with Gasteiger partial charge in [0.25, 0.3) is 0 Å². The van der Waals surface area contributed by atoms with Gasteiger partial charge in [-0.3, -0.25) is 16.9 Å². The van der Waals surface area contributed by atoms with E-state index < -0.39 is 0 Å². The smallest absolute Gasteiger partial charge is 0.0471 e. The van der Waals surface area contributed by atoms with Crippen molar-refractivity contribution in [3.05, 3.63) is 0 Å². The van der Waals surface area contributed by atoms with Crippen LogP contribution in [0.5, 0.6) is 0 Å². The minimum absolute atomic E-state index is 0. The minimum Gasteiger partial charge on any atom is -0.541 e. The second kappa shape index (κ2) is 12.2. The molecule has 0 aromatic carbocycles. The molecule has 18 heavy (non-hydrogen) atoms. The predicted molar refractivity (Wildman–Crippen MR) is 69.7 cm³/mol. The number of nitrogens with one attached hydrogen (secondary N) is 3. The zero-order valence-electron chi connectivity index (χ0n) is 12.3. The number of hydrogen-bond acceptors (Lipinski definition) is 4. The molecule has 105 valence electrons. The van der Waals surface area contributed by atoms with E-state index in [4.69, 9.17) is 0 Å². The fraction of sp³-hybridized carbons (Fsp3) is 0.833. The van der Waals surface area contributed by atoms with Crippen LogP contribution in [-0.4, -0.2) is 31.6 Å². The summed E-state index contributed by atoms with van der Waals surface area (Å²) in [5.41, 5.74) is -0.155. The van der Waals surface area contributed by atoms with E-state index in [-0.39, 0.29) is 43.7 Å². The van der Waals surface area contributed by atoms with Crippen molar-refractivity contribution in [2.45, 2.75) is 47.1 Å². The van der Waals surface area contributed by atoms with Gasteiger partial charge < -0.3 is 14.9 Å². The summed E-state index contributed by atoms with van der Waals surface area (Å²) >= 11 is 0. The van der Waals surface area contributed by atoms with Crippen LogP contribution in [0.3, 0.4) is 0 Å². The molecule has 0 aliphatic heterocycles. The average Bonchev–Trinajstić information content (AvgIpc) is 2.16. The molecular formula is C12H25N3O2Y-2. The van der Waals surface area contributed by atoms with E-state index in [2.05, 4.69) is 36.7 Å². The molecule has 5 nitrogen and oxygen atoms in total. The van der Waals surface area contributed by atoms with Gasteiger partial charge in [-0.05, 0) is 20.8 Å². The first-order valence-electron chi connectivity index (χ1n) is 5.57. The van der Waals surface area contributed by atoms with E-state index >= 15 is 0 Å². The molecule has 0 aliphatic rings. The van der Waals surface area contributed by atoms with Crippen LogP contribution in [0.25, 0.3) is 0 Å². The van der Waals surface area contributed by atoms with Gasteiger partial charge >= 0.3 is 0 Å². The zero-order chi connectivity index (χ0) is 13.9. The van der Waals surface area contributed by atoms with Gasteiger partial charge in [0.05, 0.1) is 0 Å². The van der Waals surface area contributed by atoms with Gasteiger partial charge in [-0.25, -0.2) is 0 Å². The molecule has 0 aliphatic carbocycles. The molecule has 0 saturated carbocycles. The fourth-order valence-electron chi connectivity index (χ4n) is 0.489. The zero-order valence-corrected chi connectivity index (χ0v) is 15.1. The molecule has 0 aromatic rings. The molecule has 0 atom stereocenters. The van der Waals surface area contributed by atoms with Crippen molar-refractivity contribution in [2.75, 3.05) is 13.3 Å². The van der Waals surface area contributed by atoms with Crippen molar-refractivity contribution in [1.82, 2.24) is 16.0 Å². The molecule has 1 radical (unpaired) electrons. The SMILES string of the molecule is CC(C)(C)NCNCN[C-]=O.CC(C)(C)[C-]=O.[Y]. The summed E-state index contributed by atoms with van der Waals surface area (Å²) in [6.07, 6.45) is 3.43. The van der Waals surface area contributed by atoms with Gasteiger partial charge in [0.1, 0.15) is 0 Å². The Morgan fingerprint density at radius 1 is 0.944 bits per heavy atom. The summed E-state index contributed by atoms with van der Waals surface area (Å²) in [4.78, 5) is 19.4. The summed E-state index contributed by atoms with van der Waals surface area (Å²) in [5, 5.41) is 8.54. The molecule has 0 rings (SSSR count). The van der Waals surface area contributed by atoms with Crippen molar-refractivity contribution in [2.24, 2.45) is 5.41 Å². The van der Waals surface area contributed by atoms with Gasteiger partial charge in [-0.1, -0.05) is 20.8 Å². The Kier molecular flexibility index (Phi) is 15.8. The van der Waals surface area contributed by atoms with Gasteiger partial charge in [0.2, 0.25) is 0 Å². The topological polar surface area (TPSA) is 70.2 Å². The van der Waals surface area contributed by atoms with Crippen LogP contribution in [0.4, 0.5) is 0 Å². The van der Waals surface area contributed by atoms with Crippen molar-refractivity contribution < 1.29 is 42.3 Å². The molecule has 0 fully saturated rings. The summed E-state index contributed by atoms with van der Waals surface area (Å²) < 4.78 is 0. The average molecular weight is 332 g/mol. The number of hydrogen-bond donors (Lipinski definition) is 3. The molecule has 3 N–H and O–H groups in total. The maximum absolute atomic E-state index is 9.70. The Morgan fingerprint density at radius 2 is 1.39 bits per heavy atom. The van der Waals surface area contributed by atoms with Crippen molar-refractivity contribution >= 4 is 12.7 Å². The molecule has 0 unspecified atom stereocenters. The van der Waals surface area contributed by atoms with E-state index in [1.807, 2.05) is 27.1 Å². The Labute approximate surface area is 136 Å². The number of carbonyl (C=O) groups excluding carboxylic acids is 2. The minimum atomic E-state index is -0.264. The van der Waals surface area contributed by atoms with Crippen LogP contribution < -0.4 is 16.0 Å². The van der Waals surface area contributed by atoms with Crippen LogP contribution in [0, 0.1) is 5.41 Å². The third kappa shape index (κ3) is 29.8. The van der Waals surface area contributed by atoms with Crippen LogP contribution >= 0.6 is 0 Å². The molecule has 0 aromatic heterocycles. The second-order valence-electron chi connectivity index (χ2n) is 5.66. The van der Waals surface area contributed by atoms with Crippen LogP contribution in [0.1, 0.15) is 41.5 Å². The Hall–Kier alpha value is 0.164. The quantitative estimate of drug-likeness (QED) is 0.300. The third-order valence-corrected chi connectivity index (χ3v) is 1.34. The summed E-state index contributed by atoms with van der Waals surface area (Å²) in [6, 6.07) is 0. The van der Waals surface area contributed by atoms with Gasteiger partial charge in [0.15, 0.2) is 0 Å². The van der Waals surface area contributed by atoms with Crippen LogP contribution in [0.15, 0.2) is 0 Å². The third-order valence-electron chi connectivity index (χ3n) is 1.34. The normalized spacial score (nSPS) is 10.6. The first-order chi connectivity index (χ1) is 7.62. The summed E-state index contributed by atoms with van der Waals surface area (Å²) in [5.74, 6) is 0. The van der Waals surface area contributed by atoms with E-state index in [0.29, 0.717) is 13.3 Å². The largest absolute Gasteiger partial charge is 0.541 e. The molecule has 0 saturated heterocycles. The van der Waals surface area contributed by atoms with Crippen LogP contribution in [-0.2, 0) is 42.3 Å². The van der Waals surface area contributed by atoms with E-state index in [0.717, 1.165) is 0 Å². The molecule has 1 amide bonds. The first kappa shape index (κ1) is 23.3. The molecular weight excluding hydrogens is 307 g/mol. The maximum atomic E-state index is 9.70. The Balaban J connectivity index is -0.000000277. The number of amides is 1. The summed E-state index contributed by atoms with van der Waals surface area (Å²) in [6.45, 7) is 12.8. The van der Waals surface area contributed by atoms with Crippen LogP contribution in [0.2, 0.25) is 0 Å². The van der Waals surface area contributed by atoms with E-state index in [1.165, 1.54) is 0 Å². The molecule has 0 bridgehead atoms. The Bertz CT molecular complexity index is 210. The molecule has 0 heterocycles. The van der Waals surface area contributed by atoms with Gasteiger partial charge in [0, 0.05) is 51.6 Å². The summed E-state index contributed by atoms with van der Waals surface area (Å²) in [7, 11) is 0. The van der Waals surface area contributed by atoms with Crippen molar-refractivity contribution in [3.63, 3.8) is 0 Å².